The summed E-state index contributed by atoms with van der Waals surface area (Å²) in [7, 11) is 0. The number of anilines is 1. The molecule has 5 heteroatoms. The standard InChI is InChI=1S/C23H26N2O3/c1-16-7-6-10-20(17(16)2)24-11-13-25(14-12-24)22(27)23(3)15-18-8-4-5-9-19(18)21(26)28-23/h4-10H,11-15H2,1-3H3/t23-/m0/s1. The van der Waals surface area contributed by atoms with E-state index in [2.05, 4.69) is 36.9 Å². The van der Waals surface area contributed by atoms with E-state index in [9.17, 15) is 9.59 Å². The van der Waals surface area contributed by atoms with Gasteiger partial charge in [-0.25, -0.2) is 4.79 Å². The van der Waals surface area contributed by atoms with Crippen molar-refractivity contribution in [2.45, 2.75) is 32.8 Å². The van der Waals surface area contributed by atoms with Crippen LogP contribution in [0.25, 0.3) is 0 Å². The maximum absolute atomic E-state index is 13.2. The molecule has 146 valence electrons. The first-order valence-electron chi connectivity index (χ1n) is 9.81. The van der Waals surface area contributed by atoms with Crippen molar-refractivity contribution in [1.82, 2.24) is 4.90 Å². The van der Waals surface area contributed by atoms with Crippen molar-refractivity contribution in [3.63, 3.8) is 0 Å². The van der Waals surface area contributed by atoms with Crippen molar-refractivity contribution in [2.75, 3.05) is 31.1 Å². The topological polar surface area (TPSA) is 49.9 Å². The maximum atomic E-state index is 13.2. The number of fused-ring (bicyclic) bond motifs is 1. The molecule has 5 nitrogen and oxygen atoms in total. The van der Waals surface area contributed by atoms with Gasteiger partial charge in [-0.2, -0.15) is 0 Å². The second-order valence-corrected chi connectivity index (χ2v) is 7.95. The number of amides is 1. The minimum absolute atomic E-state index is 0.101. The highest BCUT2D eigenvalue weighted by Crippen LogP contribution is 2.31. The molecule has 0 radical (unpaired) electrons. The predicted molar refractivity (Wildman–Crippen MR) is 109 cm³/mol. The molecular formula is C23H26N2O3. The molecule has 1 saturated heterocycles. The summed E-state index contributed by atoms with van der Waals surface area (Å²) in [6.45, 7) is 8.80. The SMILES string of the molecule is Cc1cccc(N2CCN(C(=O)[C@]3(C)Cc4ccccc4C(=O)O3)CC2)c1C. The Labute approximate surface area is 165 Å². The summed E-state index contributed by atoms with van der Waals surface area (Å²) in [5, 5.41) is 0. The highest BCUT2D eigenvalue weighted by molar-refractivity contribution is 5.97. The van der Waals surface area contributed by atoms with E-state index in [4.69, 9.17) is 4.74 Å². The number of ether oxygens (including phenoxy) is 1. The summed E-state index contributed by atoms with van der Waals surface area (Å²) in [6, 6.07) is 13.7. The van der Waals surface area contributed by atoms with Gasteiger partial charge in [-0.05, 0) is 49.6 Å². The van der Waals surface area contributed by atoms with E-state index in [1.165, 1.54) is 16.8 Å². The molecule has 2 aromatic carbocycles. The predicted octanol–water partition coefficient (Wildman–Crippen LogP) is 3.12. The van der Waals surface area contributed by atoms with Crippen LogP contribution in [0.15, 0.2) is 42.5 Å². The summed E-state index contributed by atoms with van der Waals surface area (Å²) < 4.78 is 5.62. The molecule has 1 fully saturated rings. The maximum Gasteiger partial charge on any atom is 0.339 e. The Morgan fingerprint density at radius 1 is 1.00 bits per heavy atom. The first-order valence-corrected chi connectivity index (χ1v) is 9.81. The number of benzene rings is 2. The summed E-state index contributed by atoms with van der Waals surface area (Å²) in [5.41, 5.74) is 4.10. The van der Waals surface area contributed by atoms with Gasteiger partial charge in [-0.1, -0.05) is 30.3 Å². The van der Waals surface area contributed by atoms with Crippen LogP contribution in [0.3, 0.4) is 0 Å². The van der Waals surface area contributed by atoms with Gasteiger partial charge in [0.05, 0.1) is 5.56 Å². The number of hydrogen-bond donors (Lipinski definition) is 0. The van der Waals surface area contributed by atoms with Gasteiger partial charge in [0, 0.05) is 38.3 Å². The molecular weight excluding hydrogens is 352 g/mol. The third-order valence-corrected chi connectivity index (χ3v) is 6.02. The van der Waals surface area contributed by atoms with Crippen molar-refractivity contribution >= 4 is 17.6 Å². The summed E-state index contributed by atoms with van der Waals surface area (Å²) in [4.78, 5) is 29.8. The quantitative estimate of drug-likeness (QED) is 0.754. The van der Waals surface area contributed by atoms with E-state index in [1.807, 2.05) is 23.1 Å². The number of carbonyl (C=O) groups is 2. The van der Waals surface area contributed by atoms with Crippen molar-refractivity contribution in [3.8, 4) is 0 Å². The molecule has 28 heavy (non-hydrogen) atoms. The Morgan fingerprint density at radius 3 is 2.46 bits per heavy atom. The van der Waals surface area contributed by atoms with Crippen molar-refractivity contribution in [1.29, 1.82) is 0 Å². The summed E-state index contributed by atoms with van der Waals surface area (Å²) >= 11 is 0. The fourth-order valence-corrected chi connectivity index (χ4v) is 4.22. The number of cyclic esters (lactones) is 1. The van der Waals surface area contributed by atoms with Crippen molar-refractivity contribution in [2.24, 2.45) is 0 Å². The largest absolute Gasteiger partial charge is 0.445 e. The number of piperazine rings is 1. The normalized spacial score (nSPS) is 21.9. The molecule has 0 aromatic heterocycles. The van der Waals surface area contributed by atoms with Gasteiger partial charge in [-0.3, -0.25) is 4.79 Å². The molecule has 2 aliphatic heterocycles. The van der Waals surface area contributed by atoms with E-state index in [-0.39, 0.29) is 5.91 Å². The van der Waals surface area contributed by atoms with Gasteiger partial charge in [-0.15, -0.1) is 0 Å². The fraction of sp³-hybridized carbons (Fsp3) is 0.391. The fourth-order valence-electron chi connectivity index (χ4n) is 4.22. The van der Waals surface area contributed by atoms with Crippen LogP contribution in [0.2, 0.25) is 0 Å². The second-order valence-electron chi connectivity index (χ2n) is 7.95. The summed E-state index contributed by atoms with van der Waals surface area (Å²) in [5.74, 6) is -0.511. The third kappa shape index (κ3) is 3.15. The molecule has 0 bridgehead atoms. The highest BCUT2D eigenvalue weighted by Gasteiger charge is 2.45. The Hall–Kier alpha value is -2.82. The Kier molecular flexibility index (Phi) is 4.61. The van der Waals surface area contributed by atoms with Crippen LogP contribution in [-0.4, -0.2) is 48.6 Å². The van der Waals surface area contributed by atoms with Gasteiger partial charge < -0.3 is 14.5 Å². The van der Waals surface area contributed by atoms with Crippen LogP contribution in [-0.2, 0) is 16.0 Å². The van der Waals surface area contributed by atoms with Gasteiger partial charge >= 0.3 is 5.97 Å². The monoisotopic (exact) mass is 378 g/mol. The molecule has 1 atom stereocenters. The third-order valence-electron chi connectivity index (χ3n) is 6.02. The molecule has 0 aliphatic carbocycles. The zero-order valence-corrected chi connectivity index (χ0v) is 16.7. The number of aryl methyl sites for hydroxylation is 1. The average Bonchev–Trinajstić information content (AvgIpc) is 2.69. The van der Waals surface area contributed by atoms with Crippen molar-refractivity contribution in [3.05, 3.63) is 64.7 Å². The van der Waals surface area contributed by atoms with Gasteiger partial charge in [0.2, 0.25) is 0 Å². The van der Waals surface area contributed by atoms with E-state index in [1.54, 1.807) is 13.0 Å². The molecule has 4 rings (SSSR count). The first-order chi connectivity index (χ1) is 13.4. The Balaban J connectivity index is 1.47. The summed E-state index contributed by atoms with van der Waals surface area (Å²) in [6.07, 6.45) is 0.422. The van der Waals surface area contributed by atoms with Crippen LogP contribution in [0.4, 0.5) is 5.69 Å². The molecule has 2 heterocycles. The molecule has 0 unspecified atom stereocenters. The highest BCUT2D eigenvalue weighted by atomic mass is 16.6. The van der Waals surface area contributed by atoms with Crippen LogP contribution in [0.5, 0.6) is 0 Å². The Morgan fingerprint density at radius 2 is 1.71 bits per heavy atom. The minimum Gasteiger partial charge on any atom is -0.445 e. The number of rotatable bonds is 2. The van der Waals surface area contributed by atoms with E-state index in [0.717, 1.165) is 18.7 Å². The molecule has 0 spiro atoms. The average molecular weight is 378 g/mol. The van der Waals surface area contributed by atoms with Gasteiger partial charge in [0.1, 0.15) is 0 Å². The van der Waals surface area contributed by atoms with E-state index >= 15 is 0 Å². The molecule has 2 aromatic rings. The number of hydrogen-bond acceptors (Lipinski definition) is 4. The van der Waals surface area contributed by atoms with Crippen LogP contribution < -0.4 is 4.90 Å². The molecule has 1 amide bonds. The number of carbonyl (C=O) groups excluding carboxylic acids is 2. The van der Waals surface area contributed by atoms with E-state index in [0.29, 0.717) is 25.1 Å². The van der Waals surface area contributed by atoms with Crippen LogP contribution >= 0.6 is 0 Å². The lowest BCUT2D eigenvalue weighted by atomic mass is 9.88. The van der Waals surface area contributed by atoms with Gasteiger partial charge in [0.15, 0.2) is 5.60 Å². The number of nitrogens with zero attached hydrogens (tertiary/aromatic N) is 2. The smallest absolute Gasteiger partial charge is 0.339 e. The lowest BCUT2D eigenvalue weighted by molar-refractivity contribution is -0.151. The van der Waals surface area contributed by atoms with E-state index < -0.39 is 11.6 Å². The molecule has 0 saturated carbocycles. The zero-order valence-electron chi connectivity index (χ0n) is 16.7. The van der Waals surface area contributed by atoms with Gasteiger partial charge in [0.25, 0.3) is 5.91 Å². The van der Waals surface area contributed by atoms with Crippen molar-refractivity contribution < 1.29 is 14.3 Å². The lowest BCUT2D eigenvalue weighted by Gasteiger charge is -2.41. The Bertz CT molecular complexity index is 931. The first kappa shape index (κ1) is 18.5. The molecule has 0 N–H and O–H groups in total. The van der Waals surface area contributed by atoms with Crippen LogP contribution in [0.1, 0.15) is 34.0 Å². The number of esters is 1. The lowest BCUT2D eigenvalue weighted by Crippen LogP contribution is -2.58. The minimum atomic E-state index is -1.13. The molecule has 2 aliphatic rings. The van der Waals surface area contributed by atoms with Crippen LogP contribution in [0, 0.1) is 13.8 Å². The second kappa shape index (κ2) is 6.97. The zero-order chi connectivity index (χ0) is 19.9.